The molecular formula is C18H18ClFN4O2S. The van der Waals surface area contributed by atoms with Crippen LogP contribution >= 0.6 is 23.8 Å². The minimum absolute atomic E-state index is 0.233. The van der Waals surface area contributed by atoms with Crippen molar-refractivity contribution >= 4 is 46.7 Å². The molecular weight excluding hydrogens is 391 g/mol. The van der Waals surface area contributed by atoms with Crippen LogP contribution in [0.5, 0.6) is 5.75 Å². The molecule has 2 aromatic carbocycles. The van der Waals surface area contributed by atoms with Crippen molar-refractivity contribution in [3.05, 3.63) is 58.9 Å². The molecule has 1 amide bonds. The van der Waals surface area contributed by atoms with Gasteiger partial charge in [-0.15, -0.1) is 0 Å². The van der Waals surface area contributed by atoms with E-state index in [0.29, 0.717) is 28.1 Å². The lowest BCUT2D eigenvalue weighted by atomic mass is 10.2. The minimum Gasteiger partial charge on any atom is -0.482 e. The fourth-order valence-electron chi connectivity index (χ4n) is 1.95. The highest BCUT2D eigenvalue weighted by Gasteiger charge is 2.07. The summed E-state index contributed by atoms with van der Waals surface area (Å²) in [5.74, 6) is -0.401. The van der Waals surface area contributed by atoms with E-state index in [1.165, 1.54) is 24.3 Å². The van der Waals surface area contributed by atoms with Crippen LogP contribution in [0.4, 0.5) is 10.1 Å². The van der Waals surface area contributed by atoms with Gasteiger partial charge in [0.05, 0.1) is 11.2 Å². The van der Waals surface area contributed by atoms with Gasteiger partial charge < -0.3 is 15.4 Å². The normalized spacial score (nSPS) is 10.5. The molecule has 2 aromatic rings. The number of hydrogen-bond acceptors (Lipinski definition) is 4. The Kier molecular flexibility index (Phi) is 7.97. The van der Waals surface area contributed by atoms with Crippen molar-refractivity contribution in [1.29, 1.82) is 0 Å². The second kappa shape index (κ2) is 10.4. The number of thiocarbonyl (C=S) groups is 1. The van der Waals surface area contributed by atoms with E-state index < -0.39 is 0 Å². The first-order chi connectivity index (χ1) is 13.0. The van der Waals surface area contributed by atoms with Crippen LogP contribution in [0.3, 0.4) is 0 Å². The summed E-state index contributed by atoms with van der Waals surface area (Å²) >= 11 is 11.2. The molecule has 6 nitrogen and oxygen atoms in total. The fraction of sp³-hybridized carbons (Fsp3) is 0.167. The van der Waals surface area contributed by atoms with E-state index in [1.807, 2.05) is 6.92 Å². The SMILES string of the molecule is CCNC(=S)NN=Cc1ccc(OCC(=O)Nc2ccc(F)cc2)c(Cl)c1. The van der Waals surface area contributed by atoms with Gasteiger partial charge in [-0.05, 0) is 67.2 Å². The van der Waals surface area contributed by atoms with E-state index in [0.717, 1.165) is 5.56 Å². The number of nitrogens with one attached hydrogen (secondary N) is 3. The monoisotopic (exact) mass is 408 g/mol. The molecule has 0 atom stereocenters. The highest BCUT2D eigenvalue weighted by Crippen LogP contribution is 2.25. The number of amides is 1. The summed E-state index contributed by atoms with van der Waals surface area (Å²) in [7, 11) is 0. The molecule has 2 rings (SSSR count). The maximum absolute atomic E-state index is 12.8. The van der Waals surface area contributed by atoms with Crippen LogP contribution in [0, 0.1) is 5.82 Å². The first-order valence-electron chi connectivity index (χ1n) is 8.02. The molecule has 0 radical (unpaired) electrons. The number of halogens is 2. The van der Waals surface area contributed by atoms with E-state index in [-0.39, 0.29) is 18.3 Å². The molecule has 0 aliphatic rings. The van der Waals surface area contributed by atoms with Crippen molar-refractivity contribution in [1.82, 2.24) is 10.7 Å². The highest BCUT2D eigenvalue weighted by molar-refractivity contribution is 7.80. The van der Waals surface area contributed by atoms with Gasteiger partial charge in [0.1, 0.15) is 11.6 Å². The maximum Gasteiger partial charge on any atom is 0.262 e. The number of nitrogens with zero attached hydrogens (tertiary/aromatic N) is 1. The molecule has 9 heteroatoms. The summed E-state index contributed by atoms with van der Waals surface area (Å²) in [6, 6.07) is 10.5. The van der Waals surface area contributed by atoms with Crippen molar-refractivity contribution in [2.24, 2.45) is 5.10 Å². The Morgan fingerprint density at radius 2 is 2.04 bits per heavy atom. The molecule has 0 fully saturated rings. The number of hydrogen-bond donors (Lipinski definition) is 3. The number of carbonyl (C=O) groups is 1. The standard InChI is InChI=1S/C18H18ClFN4O2S/c1-2-21-18(27)24-22-10-12-3-8-16(15(19)9-12)26-11-17(25)23-14-6-4-13(20)5-7-14/h3-10H,2,11H2,1H3,(H,23,25)(H2,21,24,27). The van der Waals surface area contributed by atoms with Gasteiger partial charge >= 0.3 is 0 Å². The van der Waals surface area contributed by atoms with Gasteiger partial charge in [0.25, 0.3) is 5.91 Å². The molecule has 27 heavy (non-hydrogen) atoms. The molecule has 142 valence electrons. The zero-order valence-electron chi connectivity index (χ0n) is 14.5. The second-order valence-electron chi connectivity index (χ2n) is 5.26. The number of rotatable bonds is 7. The third-order valence-corrected chi connectivity index (χ3v) is 3.69. The van der Waals surface area contributed by atoms with E-state index in [2.05, 4.69) is 21.2 Å². The van der Waals surface area contributed by atoms with Crippen LogP contribution in [0.2, 0.25) is 5.02 Å². The lowest BCUT2D eigenvalue weighted by molar-refractivity contribution is -0.118. The van der Waals surface area contributed by atoms with Gasteiger partial charge in [-0.1, -0.05) is 11.6 Å². The zero-order chi connectivity index (χ0) is 19.6. The van der Waals surface area contributed by atoms with E-state index >= 15 is 0 Å². The second-order valence-corrected chi connectivity index (χ2v) is 6.08. The average Bonchev–Trinajstić information content (AvgIpc) is 2.63. The number of carbonyl (C=O) groups excluding carboxylic acids is 1. The summed E-state index contributed by atoms with van der Waals surface area (Å²) in [6.45, 7) is 2.40. The van der Waals surface area contributed by atoms with Crippen LogP contribution in [-0.4, -0.2) is 30.4 Å². The quantitative estimate of drug-likeness (QED) is 0.372. The fourth-order valence-corrected chi connectivity index (χ4v) is 2.39. The van der Waals surface area contributed by atoms with Gasteiger partial charge in [0.15, 0.2) is 11.7 Å². The summed E-state index contributed by atoms with van der Waals surface area (Å²) in [5.41, 5.74) is 3.88. The summed E-state index contributed by atoms with van der Waals surface area (Å²) in [4.78, 5) is 11.9. The van der Waals surface area contributed by atoms with Crippen molar-refractivity contribution in [2.75, 3.05) is 18.5 Å². The molecule has 0 saturated heterocycles. The zero-order valence-corrected chi connectivity index (χ0v) is 16.0. The molecule has 0 spiro atoms. The average molecular weight is 409 g/mol. The van der Waals surface area contributed by atoms with E-state index in [1.54, 1.807) is 24.4 Å². The predicted molar refractivity (Wildman–Crippen MR) is 109 cm³/mol. The summed E-state index contributed by atoms with van der Waals surface area (Å²) in [6.07, 6.45) is 1.56. The van der Waals surface area contributed by atoms with E-state index in [9.17, 15) is 9.18 Å². The number of ether oxygens (including phenoxy) is 1. The first-order valence-corrected chi connectivity index (χ1v) is 8.81. The van der Waals surface area contributed by atoms with Crippen molar-refractivity contribution in [2.45, 2.75) is 6.92 Å². The molecule has 0 aliphatic heterocycles. The van der Waals surface area contributed by atoms with Crippen LogP contribution in [-0.2, 0) is 4.79 Å². The lowest BCUT2D eigenvalue weighted by Crippen LogP contribution is -2.31. The molecule has 0 aromatic heterocycles. The van der Waals surface area contributed by atoms with Gasteiger partial charge in [-0.2, -0.15) is 5.10 Å². The maximum atomic E-state index is 12.8. The highest BCUT2D eigenvalue weighted by atomic mass is 35.5. The Balaban J connectivity index is 1.86. The van der Waals surface area contributed by atoms with Crippen molar-refractivity contribution in [3.63, 3.8) is 0 Å². The van der Waals surface area contributed by atoms with Crippen LogP contribution in [0.1, 0.15) is 12.5 Å². The molecule has 0 bridgehead atoms. The molecule has 0 saturated carbocycles. The Morgan fingerprint density at radius 1 is 1.30 bits per heavy atom. The van der Waals surface area contributed by atoms with Gasteiger partial charge in [-0.3, -0.25) is 10.2 Å². The van der Waals surface area contributed by atoms with Crippen molar-refractivity contribution in [3.8, 4) is 5.75 Å². The Morgan fingerprint density at radius 3 is 2.70 bits per heavy atom. The lowest BCUT2D eigenvalue weighted by Gasteiger charge is -2.09. The predicted octanol–water partition coefficient (Wildman–Crippen LogP) is 3.31. The number of anilines is 1. The molecule has 0 heterocycles. The first kappa shape index (κ1) is 20.6. The number of benzene rings is 2. The van der Waals surface area contributed by atoms with Crippen LogP contribution in [0.25, 0.3) is 0 Å². The third kappa shape index (κ3) is 7.20. The van der Waals surface area contributed by atoms with Crippen LogP contribution in [0.15, 0.2) is 47.6 Å². The van der Waals surface area contributed by atoms with Gasteiger partial charge in [-0.25, -0.2) is 4.39 Å². The van der Waals surface area contributed by atoms with Gasteiger partial charge in [0, 0.05) is 12.2 Å². The topological polar surface area (TPSA) is 74.8 Å². The molecule has 0 aliphatic carbocycles. The van der Waals surface area contributed by atoms with Gasteiger partial charge in [0.2, 0.25) is 0 Å². The minimum atomic E-state index is -0.385. The largest absolute Gasteiger partial charge is 0.482 e. The Hall–Kier alpha value is -2.71. The van der Waals surface area contributed by atoms with E-state index in [4.69, 9.17) is 28.6 Å². The smallest absolute Gasteiger partial charge is 0.262 e. The third-order valence-electron chi connectivity index (χ3n) is 3.16. The molecule has 3 N–H and O–H groups in total. The Bertz CT molecular complexity index is 831. The van der Waals surface area contributed by atoms with Crippen molar-refractivity contribution < 1.29 is 13.9 Å². The molecule has 0 unspecified atom stereocenters. The summed E-state index contributed by atoms with van der Waals surface area (Å²) in [5, 5.41) is 10.2. The van der Waals surface area contributed by atoms with Crippen LogP contribution < -0.4 is 20.8 Å². The summed E-state index contributed by atoms with van der Waals surface area (Å²) < 4.78 is 18.3. The Labute approximate surface area is 166 Å². The number of hydrazone groups is 1.